The Labute approximate surface area is 68.8 Å². The summed E-state index contributed by atoms with van der Waals surface area (Å²) in [4.78, 5) is 4.09. The molecule has 1 aromatic heterocycles. The van der Waals surface area contributed by atoms with Crippen LogP contribution in [0.15, 0.2) is 16.5 Å². The standard InChI is InChI=1S/C8H5ClNO/c1-5-10-8-6(9)3-2-4-7(8)11-5/h3-4H,1H3. The van der Waals surface area contributed by atoms with E-state index < -0.39 is 0 Å². The minimum atomic E-state index is 0.583. The Balaban J connectivity index is 2.90. The van der Waals surface area contributed by atoms with Crippen molar-refractivity contribution in [1.82, 2.24) is 4.98 Å². The Morgan fingerprint density at radius 1 is 1.55 bits per heavy atom. The van der Waals surface area contributed by atoms with Gasteiger partial charge in [-0.05, 0) is 18.2 Å². The van der Waals surface area contributed by atoms with Gasteiger partial charge in [0.05, 0.1) is 5.02 Å². The summed E-state index contributed by atoms with van der Waals surface area (Å²) in [7, 11) is 0. The fourth-order valence-electron chi connectivity index (χ4n) is 0.971. The second kappa shape index (κ2) is 2.24. The molecule has 1 heterocycles. The Hall–Kier alpha value is -1.02. The molecule has 0 atom stereocenters. The molecular weight excluding hydrogens is 162 g/mol. The van der Waals surface area contributed by atoms with E-state index in [2.05, 4.69) is 11.1 Å². The summed E-state index contributed by atoms with van der Waals surface area (Å²) in [5.74, 6) is 0.626. The third kappa shape index (κ3) is 0.994. The number of oxazole rings is 1. The van der Waals surface area contributed by atoms with E-state index in [4.69, 9.17) is 16.0 Å². The molecule has 2 rings (SSSR count). The number of aryl methyl sites for hydroxylation is 1. The summed E-state index contributed by atoms with van der Waals surface area (Å²) in [6.07, 6.45) is 0. The zero-order valence-corrected chi connectivity index (χ0v) is 6.64. The first-order valence-electron chi connectivity index (χ1n) is 3.20. The van der Waals surface area contributed by atoms with Crippen molar-refractivity contribution < 1.29 is 4.42 Å². The molecule has 0 aliphatic rings. The van der Waals surface area contributed by atoms with Crippen molar-refractivity contribution in [3.8, 4) is 0 Å². The van der Waals surface area contributed by atoms with E-state index in [1.165, 1.54) is 0 Å². The quantitative estimate of drug-likeness (QED) is 0.601. The highest BCUT2D eigenvalue weighted by Crippen LogP contribution is 2.22. The van der Waals surface area contributed by atoms with Crippen molar-refractivity contribution in [3.05, 3.63) is 29.1 Å². The van der Waals surface area contributed by atoms with E-state index >= 15 is 0 Å². The van der Waals surface area contributed by atoms with Gasteiger partial charge in [0.1, 0.15) is 5.52 Å². The number of halogens is 1. The Bertz CT molecular complexity index is 394. The topological polar surface area (TPSA) is 26.0 Å². The number of aromatic nitrogens is 1. The Morgan fingerprint density at radius 2 is 2.36 bits per heavy atom. The van der Waals surface area contributed by atoms with Gasteiger partial charge in [-0.3, -0.25) is 0 Å². The van der Waals surface area contributed by atoms with Crippen molar-refractivity contribution in [2.75, 3.05) is 0 Å². The van der Waals surface area contributed by atoms with Crippen LogP contribution in [0.1, 0.15) is 5.89 Å². The monoisotopic (exact) mass is 166 g/mol. The number of benzene rings is 1. The minimum Gasteiger partial charge on any atom is -0.441 e. The lowest BCUT2D eigenvalue weighted by molar-refractivity contribution is 0.561. The molecule has 0 saturated heterocycles. The van der Waals surface area contributed by atoms with Gasteiger partial charge in [-0.25, -0.2) is 4.98 Å². The van der Waals surface area contributed by atoms with Gasteiger partial charge in [-0.15, -0.1) is 0 Å². The lowest BCUT2D eigenvalue weighted by Gasteiger charge is -1.85. The van der Waals surface area contributed by atoms with Gasteiger partial charge in [0, 0.05) is 6.92 Å². The van der Waals surface area contributed by atoms with Gasteiger partial charge in [0.15, 0.2) is 11.5 Å². The summed E-state index contributed by atoms with van der Waals surface area (Å²) in [5, 5.41) is 0.583. The van der Waals surface area contributed by atoms with Crippen LogP contribution < -0.4 is 0 Å². The predicted octanol–water partition coefficient (Wildman–Crippen LogP) is 2.59. The lowest BCUT2D eigenvalue weighted by Crippen LogP contribution is -1.69. The fraction of sp³-hybridized carbons (Fsp3) is 0.125. The highest BCUT2D eigenvalue weighted by Gasteiger charge is 2.03. The molecular formula is C8H5ClNO. The molecule has 1 aromatic carbocycles. The maximum absolute atomic E-state index is 5.82. The van der Waals surface area contributed by atoms with E-state index in [9.17, 15) is 0 Å². The zero-order chi connectivity index (χ0) is 7.84. The van der Waals surface area contributed by atoms with Gasteiger partial charge < -0.3 is 4.42 Å². The van der Waals surface area contributed by atoms with Crippen LogP contribution in [0.4, 0.5) is 0 Å². The minimum absolute atomic E-state index is 0.583. The van der Waals surface area contributed by atoms with Crippen LogP contribution in [0, 0.1) is 13.0 Å². The largest absolute Gasteiger partial charge is 0.441 e. The third-order valence-electron chi connectivity index (χ3n) is 1.41. The first kappa shape index (κ1) is 6.68. The fourth-order valence-corrected chi connectivity index (χ4v) is 1.17. The molecule has 0 spiro atoms. The van der Waals surface area contributed by atoms with E-state index in [-0.39, 0.29) is 0 Å². The molecule has 0 saturated carbocycles. The van der Waals surface area contributed by atoms with Crippen LogP contribution >= 0.6 is 11.6 Å². The molecule has 2 nitrogen and oxygen atoms in total. The molecule has 55 valence electrons. The van der Waals surface area contributed by atoms with E-state index in [0.29, 0.717) is 22.0 Å². The van der Waals surface area contributed by atoms with Crippen LogP contribution in [0.2, 0.25) is 5.02 Å². The Kier molecular flexibility index (Phi) is 1.36. The summed E-state index contributed by atoms with van der Waals surface area (Å²) >= 11 is 5.82. The van der Waals surface area contributed by atoms with E-state index in [1.54, 1.807) is 19.1 Å². The molecule has 1 radical (unpaired) electrons. The zero-order valence-electron chi connectivity index (χ0n) is 5.89. The normalized spacial score (nSPS) is 10.7. The molecule has 11 heavy (non-hydrogen) atoms. The van der Waals surface area contributed by atoms with Gasteiger partial charge in [-0.1, -0.05) is 11.6 Å². The molecule has 0 unspecified atom stereocenters. The van der Waals surface area contributed by atoms with Gasteiger partial charge in [0.2, 0.25) is 0 Å². The summed E-state index contributed by atoms with van der Waals surface area (Å²) < 4.78 is 5.22. The molecule has 0 bridgehead atoms. The van der Waals surface area contributed by atoms with E-state index in [0.717, 1.165) is 0 Å². The highest BCUT2D eigenvalue weighted by molar-refractivity contribution is 6.34. The molecule has 0 aliphatic carbocycles. The molecule has 0 N–H and O–H groups in total. The maximum Gasteiger partial charge on any atom is 0.192 e. The SMILES string of the molecule is Cc1nc2c(Cl)c[c]cc2o1. The number of rotatable bonds is 0. The van der Waals surface area contributed by atoms with Crippen LogP contribution in [0.3, 0.4) is 0 Å². The second-order valence-electron chi connectivity index (χ2n) is 2.25. The molecule has 0 aliphatic heterocycles. The lowest BCUT2D eigenvalue weighted by atomic mass is 10.3. The Morgan fingerprint density at radius 3 is 3.09 bits per heavy atom. The van der Waals surface area contributed by atoms with Crippen molar-refractivity contribution in [2.24, 2.45) is 0 Å². The van der Waals surface area contributed by atoms with Crippen molar-refractivity contribution in [2.45, 2.75) is 6.92 Å². The second-order valence-corrected chi connectivity index (χ2v) is 2.66. The average molecular weight is 167 g/mol. The van der Waals surface area contributed by atoms with E-state index in [1.807, 2.05) is 0 Å². The molecule has 2 aromatic rings. The molecule has 0 fully saturated rings. The molecule has 0 amide bonds. The third-order valence-corrected chi connectivity index (χ3v) is 1.70. The maximum atomic E-state index is 5.82. The van der Waals surface area contributed by atoms with Crippen LogP contribution in [0.25, 0.3) is 11.1 Å². The number of hydrogen-bond donors (Lipinski definition) is 0. The number of hydrogen-bond acceptors (Lipinski definition) is 2. The summed E-state index contributed by atoms with van der Waals surface area (Å²) in [5.41, 5.74) is 1.40. The summed E-state index contributed by atoms with van der Waals surface area (Å²) in [6, 6.07) is 6.25. The number of nitrogens with zero attached hydrogens (tertiary/aromatic N) is 1. The van der Waals surface area contributed by atoms with Crippen LogP contribution in [-0.2, 0) is 0 Å². The number of fused-ring (bicyclic) bond motifs is 1. The first-order chi connectivity index (χ1) is 5.27. The highest BCUT2D eigenvalue weighted by atomic mass is 35.5. The molecule has 3 heteroatoms. The van der Waals surface area contributed by atoms with Crippen molar-refractivity contribution >= 4 is 22.7 Å². The average Bonchev–Trinajstić information content (AvgIpc) is 2.31. The predicted molar refractivity (Wildman–Crippen MR) is 42.6 cm³/mol. The van der Waals surface area contributed by atoms with Crippen LogP contribution in [0.5, 0.6) is 0 Å². The smallest absolute Gasteiger partial charge is 0.192 e. The van der Waals surface area contributed by atoms with Crippen molar-refractivity contribution in [1.29, 1.82) is 0 Å². The van der Waals surface area contributed by atoms with Crippen LogP contribution in [-0.4, -0.2) is 4.98 Å². The first-order valence-corrected chi connectivity index (χ1v) is 3.58. The summed E-state index contributed by atoms with van der Waals surface area (Å²) in [6.45, 7) is 1.79. The van der Waals surface area contributed by atoms with Gasteiger partial charge in [-0.2, -0.15) is 0 Å². The van der Waals surface area contributed by atoms with Gasteiger partial charge in [0.25, 0.3) is 0 Å². The van der Waals surface area contributed by atoms with Gasteiger partial charge >= 0.3 is 0 Å². The van der Waals surface area contributed by atoms with Crippen molar-refractivity contribution in [3.63, 3.8) is 0 Å².